The SMILES string of the molecule is CCN(CC)C(=O)N(OC(=O)C(F)(F)F)c1cn[nH]c1-c1nc2cc(OCCCN(C)C)c(F)cc2[nH]1. The first-order chi connectivity index (χ1) is 17.5. The van der Waals surface area contributed by atoms with Crippen LogP contribution >= 0.6 is 0 Å². The quantitative estimate of drug-likeness (QED) is 0.246. The fourth-order valence-corrected chi connectivity index (χ4v) is 3.36. The molecule has 0 saturated heterocycles. The van der Waals surface area contributed by atoms with E-state index in [4.69, 9.17) is 4.74 Å². The van der Waals surface area contributed by atoms with E-state index in [1.807, 2.05) is 19.0 Å². The van der Waals surface area contributed by atoms with E-state index in [0.29, 0.717) is 6.42 Å². The zero-order valence-corrected chi connectivity index (χ0v) is 20.6. The van der Waals surface area contributed by atoms with Crippen molar-refractivity contribution in [2.75, 3.05) is 45.4 Å². The number of nitrogens with zero attached hydrogens (tertiary/aromatic N) is 5. The molecule has 0 saturated carbocycles. The highest BCUT2D eigenvalue weighted by Gasteiger charge is 2.44. The summed E-state index contributed by atoms with van der Waals surface area (Å²) in [5.74, 6) is -3.25. The highest BCUT2D eigenvalue weighted by molar-refractivity contribution is 5.96. The number of carbonyl (C=O) groups excluding carboxylic acids is 2. The number of imidazole rings is 1. The lowest BCUT2D eigenvalue weighted by Gasteiger charge is -2.27. The number of hydroxylamine groups is 1. The zero-order chi connectivity index (χ0) is 27.3. The number of aromatic amines is 2. The molecule has 15 heteroatoms. The lowest BCUT2D eigenvalue weighted by atomic mass is 10.3. The second-order valence-electron chi connectivity index (χ2n) is 8.15. The minimum atomic E-state index is -5.36. The molecule has 3 rings (SSSR count). The normalized spacial score (nSPS) is 11.7. The van der Waals surface area contributed by atoms with Gasteiger partial charge in [-0.25, -0.2) is 19.0 Å². The maximum Gasteiger partial charge on any atom is 0.493 e. The van der Waals surface area contributed by atoms with Crippen LogP contribution in [0, 0.1) is 5.82 Å². The molecule has 3 aromatic rings. The van der Waals surface area contributed by atoms with E-state index < -0.39 is 24.0 Å². The van der Waals surface area contributed by atoms with Crippen LogP contribution in [0.25, 0.3) is 22.6 Å². The molecule has 202 valence electrons. The van der Waals surface area contributed by atoms with Gasteiger partial charge in [-0.3, -0.25) is 5.10 Å². The van der Waals surface area contributed by atoms with Crippen LogP contribution in [0.2, 0.25) is 0 Å². The third-order valence-electron chi connectivity index (χ3n) is 5.23. The number of halogens is 4. The summed E-state index contributed by atoms with van der Waals surface area (Å²) in [6.07, 6.45) is -3.68. The molecule has 0 unspecified atom stereocenters. The number of nitrogens with one attached hydrogen (secondary N) is 2. The summed E-state index contributed by atoms with van der Waals surface area (Å²) in [7, 11) is 3.81. The third kappa shape index (κ3) is 6.47. The van der Waals surface area contributed by atoms with Crippen molar-refractivity contribution < 1.29 is 36.7 Å². The summed E-state index contributed by atoms with van der Waals surface area (Å²) in [6, 6.07) is 1.51. The van der Waals surface area contributed by atoms with Crippen molar-refractivity contribution >= 4 is 28.7 Å². The molecule has 1 aromatic carbocycles. The number of urea groups is 1. The number of fused-ring (bicyclic) bond motifs is 1. The van der Waals surface area contributed by atoms with Crippen LogP contribution in [0.1, 0.15) is 20.3 Å². The number of alkyl halides is 3. The predicted molar refractivity (Wildman–Crippen MR) is 125 cm³/mol. The number of benzene rings is 1. The molecule has 37 heavy (non-hydrogen) atoms. The van der Waals surface area contributed by atoms with Crippen molar-refractivity contribution in [3.05, 3.63) is 24.1 Å². The van der Waals surface area contributed by atoms with E-state index in [-0.39, 0.29) is 58.7 Å². The molecule has 2 N–H and O–H groups in total. The van der Waals surface area contributed by atoms with Crippen molar-refractivity contribution in [2.24, 2.45) is 0 Å². The minimum Gasteiger partial charge on any atom is -0.490 e. The van der Waals surface area contributed by atoms with Gasteiger partial charge in [0, 0.05) is 31.8 Å². The van der Waals surface area contributed by atoms with Gasteiger partial charge in [0.05, 0.1) is 23.8 Å². The van der Waals surface area contributed by atoms with Crippen LogP contribution in [0.5, 0.6) is 5.75 Å². The highest BCUT2D eigenvalue weighted by atomic mass is 19.4. The van der Waals surface area contributed by atoms with E-state index >= 15 is 0 Å². The molecule has 2 heterocycles. The smallest absolute Gasteiger partial charge is 0.490 e. The Labute approximate surface area is 209 Å². The summed E-state index contributed by atoms with van der Waals surface area (Å²) in [5.41, 5.74) is 0.158. The van der Waals surface area contributed by atoms with Gasteiger partial charge in [0.25, 0.3) is 0 Å². The number of carbonyl (C=O) groups is 2. The summed E-state index contributed by atoms with van der Waals surface area (Å²) in [4.78, 5) is 39.3. The van der Waals surface area contributed by atoms with Gasteiger partial charge < -0.3 is 24.4 Å². The molecule has 11 nitrogen and oxygen atoms in total. The lowest BCUT2D eigenvalue weighted by molar-refractivity contribution is -0.200. The molecular formula is C22H27F4N7O4. The van der Waals surface area contributed by atoms with Crippen LogP contribution in [-0.2, 0) is 9.63 Å². The number of hydrogen-bond donors (Lipinski definition) is 2. The standard InChI is InChI=1S/C22H27F4N7O4/c1-5-32(6-2)21(35)33(37-20(34)22(24,25)26)16-12-27-30-18(16)19-28-14-10-13(23)17(11-15(14)29-19)36-9-7-8-31(3)4/h10-12H,5-9H2,1-4H3,(H,27,30)(H,28,29). The first-order valence-corrected chi connectivity index (χ1v) is 11.3. The number of hydrogen-bond acceptors (Lipinski definition) is 7. The van der Waals surface area contributed by atoms with Gasteiger partial charge in [-0.05, 0) is 34.4 Å². The van der Waals surface area contributed by atoms with E-state index in [0.717, 1.165) is 23.7 Å². The van der Waals surface area contributed by atoms with Crippen LogP contribution in [0.15, 0.2) is 18.3 Å². The molecular weight excluding hydrogens is 502 g/mol. The molecule has 2 aromatic heterocycles. The largest absolute Gasteiger partial charge is 0.493 e. The zero-order valence-electron chi connectivity index (χ0n) is 20.6. The van der Waals surface area contributed by atoms with Gasteiger partial charge in [-0.2, -0.15) is 18.3 Å². The predicted octanol–water partition coefficient (Wildman–Crippen LogP) is 3.71. The number of aromatic nitrogens is 4. The molecule has 0 spiro atoms. The van der Waals surface area contributed by atoms with Crippen LogP contribution in [0.4, 0.5) is 28.0 Å². The Hall–Kier alpha value is -3.88. The molecule has 0 aliphatic carbocycles. The van der Waals surface area contributed by atoms with Crippen molar-refractivity contribution in [2.45, 2.75) is 26.4 Å². The average molecular weight is 529 g/mol. The van der Waals surface area contributed by atoms with Gasteiger partial charge in [0.1, 0.15) is 11.4 Å². The van der Waals surface area contributed by atoms with Gasteiger partial charge >= 0.3 is 18.2 Å². The molecule has 0 fully saturated rings. The Bertz CT molecular complexity index is 1240. The Balaban J connectivity index is 1.96. The lowest BCUT2D eigenvalue weighted by Crippen LogP contribution is -2.46. The number of ether oxygens (including phenoxy) is 1. The van der Waals surface area contributed by atoms with Crippen molar-refractivity contribution in [1.29, 1.82) is 0 Å². The second kappa shape index (κ2) is 11.5. The van der Waals surface area contributed by atoms with E-state index in [1.54, 1.807) is 13.8 Å². The van der Waals surface area contributed by atoms with Crippen LogP contribution in [-0.4, -0.2) is 88.5 Å². The molecule has 0 aliphatic rings. The maximum atomic E-state index is 14.6. The highest BCUT2D eigenvalue weighted by Crippen LogP contribution is 2.32. The first-order valence-electron chi connectivity index (χ1n) is 11.3. The van der Waals surface area contributed by atoms with Crippen LogP contribution < -0.4 is 9.80 Å². The van der Waals surface area contributed by atoms with Crippen molar-refractivity contribution in [3.8, 4) is 17.3 Å². The molecule has 0 radical (unpaired) electrons. The monoisotopic (exact) mass is 529 g/mol. The Morgan fingerprint density at radius 2 is 1.84 bits per heavy atom. The van der Waals surface area contributed by atoms with Gasteiger partial charge in [-0.15, -0.1) is 5.06 Å². The Morgan fingerprint density at radius 1 is 1.14 bits per heavy atom. The summed E-state index contributed by atoms with van der Waals surface area (Å²) < 4.78 is 58.9. The van der Waals surface area contributed by atoms with E-state index in [9.17, 15) is 27.2 Å². The first kappa shape index (κ1) is 27.7. The average Bonchev–Trinajstić information content (AvgIpc) is 3.46. The van der Waals surface area contributed by atoms with Gasteiger partial charge in [-0.1, -0.05) is 0 Å². The summed E-state index contributed by atoms with van der Waals surface area (Å²) in [6.45, 7) is 4.49. The number of H-pyrrole nitrogens is 2. The summed E-state index contributed by atoms with van der Waals surface area (Å²) in [5, 5.41) is 6.51. The number of rotatable bonds is 9. The third-order valence-corrected chi connectivity index (χ3v) is 5.23. The van der Waals surface area contributed by atoms with Gasteiger partial charge in [0.15, 0.2) is 17.4 Å². The minimum absolute atomic E-state index is 0.00654. The Kier molecular flexibility index (Phi) is 8.57. The van der Waals surface area contributed by atoms with E-state index in [2.05, 4.69) is 25.0 Å². The summed E-state index contributed by atoms with van der Waals surface area (Å²) >= 11 is 0. The fraction of sp³-hybridized carbons (Fsp3) is 0.455. The Morgan fingerprint density at radius 3 is 2.46 bits per heavy atom. The molecule has 0 aliphatic heterocycles. The maximum absolute atomic E-state index is 14.6. The molecule has 0 bridgehead atoms. The van der Waals surface area contributed by atoms with Crippen molar-refractivity contribution in [1.82, 2.24) is 30.0 Å². The van der Waals surface area contributed by atoms with Gasteiger partial charge in [0.2, 0.25) is 0 Å². The van der Waals surface area contributed by atoms with Crippen LogP contribution in [0.3, 0.4) is 0 Å². The topological polar surface area (TPSA) is 120 Å². The van der Waals surface area contributed by atoms with Crippen molar-refractivity contribution in [3.63, 3.8) is 0 Å². The number of anilines is 1. The van der Waals surface area contributed by atoms with E-state index in [1.165, 1.54) is 6.07 Å². The molecule has 2 amide bonds. The number of amides is 2. The fourth-order valence-electron chi connectivity index (χ4n) is 3.36. The second-order valence-corrected chi connectivity index (χ2v) is 8.15. The molecule has 0 atom stereocenters.